The van der Waals surface area contributed by atoms with Gasteiger partial charge in [-0.05, 0) is 69.4 Å². The summed E-state index contributed by atoms with van der Waals surface area (Å²) in [5.74, 6) is -0.511. The molecule has 7 heteroatoms. The van der Waals surface area contributed by atoms with E-state index in [4.69, 9.17) is 23.7 Å². The van der Waals surface area contributed by atoms with Gasteiger partial charge in [-0.2, -0.15) is 0 Å². The van der Waals surface area contributed by atoms with E-state index in [9.17, 15) is 9.59 Å². The van der Waals surface area contributed by atoms with Crippen LogP contribution in [0.1, 0.15) is 88.7 Å². The lowest BCUT2D eigenvalue weighted by molar-refractivity contribution is -0.162. The first-order valence-corrected chi connectivity index (χ1v) is 13.8. The summed E-state index contributed by atoms with van der Waals surface area (Å²) in [6, 6.07) is 8.27. The van der Waals surface area contributed by atoms with Gasteiger partial charge in [0.1, 0.15) is 0 Å². The number of hydrogen-bond acceptors (Lipinski definition) is 7. The average molecular weight is 507 g/mol. The lowest BCUT2D eigenvalue weighted by atomic mass is 9.97. The molecule has 2 atom stereocenters. The lowest BCUT2D eigenvalue weighted by Crippen LogP contribution is -2.29. The van der Waals surface area contributed by atoms with Crippen LogP contribution in [0, 0.1) is 0 Å². The number of unbranched alkanes of at least 4 members (excludes halogenated alkanes) is 5. The van der Waals surface area contributed by atoms with Gasteiger partial charge in [-0.1, -0.05) is 43.5 Å². The zero-order valence-corrected chi connectivity index (χ0v) is 22.3. The molecule has 7 nitrogen and oxygen atoms in total. The van der Waals surface area contributed by atoms with Crippen molar-refractivity contribution in [3.05, 3.63) is 35.4 Å². The van der Waals surface area contributed by atoms with Crippen LogP contribution in [-0.4, -0.2) is 57.9 Å². The number of ether oxygens (including phenoxy) is 5. The highest BCUT2D eigenvalue weighted by Crippen LogP contribution is 2.18. The average Bonchev–Trinajstić information content (AvgIpc) is 2.90. The predicted molar refractivity (Wildman–Crippen MR) is 139 cm³/mol. The molecule has 1 saturated heterocycles. The molecule has 1 aromatic carbocycles. The van der Waals surface area contributed by atoms with E-state index < -0.39 is 6.10 Å². The van der Waals surface area contributed by atoms with E-state index >= 15 is 0 Å². The van der Waals surface area contributed by atoms with E-state index in [2.05, 4.69) is 12.1 Å². The minimum absolute atomic E-state index is 0.000184. The molecule has 1 fully saturated rings. The van der Waals surface area contributed by atoms with Gasteiger partial charge in [-0.3, -0.25) is 4.79 Å². The number of carbonyl (C=O) groups excluding carboxylic acids is 2. The molecule has 1 aliphatic heterocycles. The van der Waals surface area contributed by atoms with E-state index in [1.807, 2.05) is 19.1 Å². The van der Waals surface area contributed by atoms with Crippen molar-refractivity contribution in [1.82, 2.24) is 0 Å². The van der Waals surface area contributed by atoms with Crippen molar-refractivity contribution < 1.29 is 33.3 Å². The molecule has 1 aromatic rings. The summed E-state index contributed by atoms with van der Waals surface area (Å²) in [6.07, 6.45) is 11.5. The Kier molecular flexibility index (Phi) is 16.1. The van der Waals surface area contributed by atoms with Gasteiger partial charge in [0.05, 0.1) is 13.7 Å². The summed E-state index contributed by atoms with van der Waals surface area (Å²) >= 11 is 0. The molecule has 0 radical (unpaired) electrons. The number of esters is 2. The minimum Gasteiger partial charge on any atom is -0.467 e. The van der Waals surface area contributed by atoms with Crippen LogP contribution in [0.25, 0.3) is 0 Å². The van der Waals surface area contributed by atoms with Crippen molar-refractivity contribution in [3.63, 3.8) is 0 Å². The van der Waals surface area contributed by atoms with Gasteiger partial charge in [0.15, 0.2) is 12.4 Å². The van der Waals surface area contributed by atoms with E-state index in [0.717, 1.165) is 83.0 Å². The van der Waals surface area contributed by atoms with Crippen molar-refractivity contribution in [2.75, 3.05) is 33.5 Å². The third-order valence-corrected chi connectivity index (χ3v) is 6.42. The third-order valence-electron chi connectivity index (χ3n) is 6.42. The number of aryl methyl sites for hydroxylation is 1. The van der Waals surface area contributed by atoms with E-state index in [1.54, 1.807) is 0 Å². The number of benzene rings is 1. The smallest absolute Gasteiger partial charge is 0.335 e. The molecule has 0 aromatic heterocycles. The summed E-state index contributed by atoms with van der Waals surface area (Å²) in [7, 11) is 1.40. The van der Waals surface area contributed by atoms with Crippen molar-refractivity contribution in [3.8, 4) is 0 Å². The number of rotatable bonds is 19. The third kappa shape index (κ3) is 12.8. The second-order valence-corrected chi connectivity index (χ2v) is 9.30. The second-order valence-electron chi connectivity index (χ2n) is 9.30. The van der Waals surface area contributed by atoms with Gasteiger partial charge in [0.25, 0.3) is 0 Å². The normalized spacial score (nSPS) is 16.4. The highest BCUT2D eigenvalue weighted by molar-refractivity contribution is 5.75. The molecule has 2 rings (SSSR count). The Morgan fingerprint density at radius 3 is 2.47 bits per heavy atom. The molecule has 1 heterocycles. The first-order valence-electron chi connectivity index (χ1n) is 13.8. The molecule has 0 bridgehead atoms. The number of methoxy groups -OCH3 is 1. The predicted octanol–water partition coefficient (Wildman–Crippen LogP) is 5.56. The molecule has 36 heavy (non-hydrogen) atoms. The minimum atomic E-state index is -0.625. The van der Waals surface area contributed by atoms with Crippen LogP contribution in [0.5, 0.6) is 0 Å². The van der Waals surface area contributed by atoms with Gasteiger partial charge in [-0.25, -0.2) is 4.79 Å². The molecule has 0 saturated carbocycles. The highest BCUT2D eigenvalue weighted by atomic mass is 16.7. The molecule has 2 unspecified atom stereocenters. The van der Waals surface area contributed by atoms with Gasteiger partial charge in [-0.15, -0.1) is 0 Å². The molecular formula is C29H46O7. The molecule has 204 valence electrons. The Hall–Kier alpha value is -1.96. The maximum absolute atomic E-state index is 12.4. The standard InChI is InChI=1S/C29H46O7/c1-3-33-27(30)18-8-6-13-20-34-26(29(31)32-2)23-25-17-10-9-16-24(25)15-7-4-5-12-21-35-28-19-11-14-22-36-28/h9-10,16-17,26,28H,3-8,11-15,18-23H2,1-2H3. The highest BCUT2D eigenvalue weighted by Gasteiger charge is 2.21. The fourth-order valence-electron chi connectivity index (χ4n) is 4.38. The lowest BCUT2D eigenvalue weighted by Gasteiger charge is -2.22. The SMILES string of the molecule is CCOC(=O)CCCCCOC(Cc1ccccc1CCCCCCOC1CCCCO1)C(=O)OC. The molecule has 1 aliphatic rings. The van der Waals surface area contributed by atoms with E-state index in [1.165, 1.54) is 19.1 Å². The largest absolute Gasteiger partial charge is 0.467 e. The Morgan fingerprint density at radius 2 is 1.72 bits per heavy atom. The Balaban J connectivity index is 1.68. The number of hydrogen-bond donors (Lipinski definition) is 0. The Bertz CT molecular complexity index is 730. The van der Waals surface area contributed by atoms with Crippen LogP contribution in [0.15, 0.2) is 24.3 Å². The quantitative estimate of drug-likeness (QED) is 0.180. The zero-order valence-electron chi connectivity index (χ0n) is 22.3. The zero-order chi connectivity index (χ0) is 25.8. The fourth-order valence-corrected chi connectivity index (χ4v) is 4.38. The van der Waals surface area contributed by atoms with Crippen LogP contribution in [-0.2, 0) is 46.1 Å². The summed E-state index contributed by atoms with van der Waals surface area (Å²) in [6.45, 7) is 4.27. The van der Waals surface area contributed by atoms with Crippen molar-refractivity contribution in [2.45, 2.75) is 103 Å². The van der Waals surface area contributed by atoms with Gasteiger partial charge < -0.3 is 23.7 Å². The topological polar surface area (TPSA) is 80.3 Å². The summed E-state index contributed by atoms with van der Waals surface area (Å²) in [5.41, 5.74) is 2.39. The summed E-state index contributed by atoms with van der Waals surface area (Å²) in [4.78, 5) is 23.8. The number of carbonyl (C=O) groups is 2. The van der Waals surface area contributed by atoms with Gasteiger partial charge in [0, 0.05) is 32.7 Å². The van der Waals surface area contributed by atoms with Crippen LogP contribution in [0.3, 0.4) is 0 Å². The monoisotopic (exact) mass is 506 g/mol. The Morgan fingerprint density at radius 1 is 0.972 bits per heavy atom. The van der Waals surface area contributed by atoms with Crippen molar-refractivity contribution in [2.24, 2.45) is 0 Å². The van der Waals surface area contributed by atoms with Crippen molar-refractivity contribution >= 4 is 11.9 Å². The molecule has 0 N–H and O–H groups in total. The van der Waals surface area contributed by atoms with Gasteiger partial charge >= 0.3 is 11.9 Å². The summed E-state index contributed by atoms with van der Waals surface area (Å²) < 4.78 is 27.3. The van der Waals surface area contributed by atoms with Gasteiger partial charge in [0.2, 0.25) is 0 Å². The second kappa shape index (κ2) is 19.2. The van der Waals surface area contributed by atoms with Crippen LogP contribution >= 0.6 is 0 Å². The first-order chi connectivity index (χ1) is 17.6. The molecule has 0 aliphatic carbocycles. The summed E-state index contributed by atoms with van der Waals surface area (Å²) in [5, 5.41) is 0. The first kappa shape index (κ1) is 30.3. The van der Waals surface area contributed by atoms with Crippen molar-refractivity contribution in [1.29, 1.82) is 0 Å². The Labute approximate surface area is 217 Å². The van der Waals surface area contributed by atoms with E-state index in [-0.39, 0.29) is 18.2 Å². The molecular weight excluding hydrogens is 460 g/mol. The maximum Gasteiger partial charge on any atom is 0.335 e. The molecule has 0 amide bonds. The van der Waals surface area contributed by atoms with Crippen LogP contribution < -0.4 is 0 Å². The fraction of sp³-hybridized carbons (Fsp3) is 0.724. The van der Waals surface area contributed by atoms with E-state index in [0.29, 0.717) is 26.1 Å². The molecule has 0 spiro atoms. The maximum atomic E-state index is 12.4. The van der Waals surface area contributed by atoms with Crippen LogP contribution in [0.4, 0.5) is 0 Å². The van der Waals surface area contributed by atoms with Crippen LogP contribution in [0.2, 0.25) is 0 Å².